The van der Waals surface area contributed by atoms with Gasteiger partial charge in [-0.3, -0.25) is 0 Å². The first-order chi connectivity index (χ1) is 3.66. The van der Waals surface area contributed by atoms with Gasteiger partial charge in [-0.25, -0.2) is 13.9 Å². The molecule has 2 atom stereocenters. The van der Waals surface area contributed by atoms with Crippen LogP contribution in [0.25, 0.3) is 0 Å². The summed E-state index contributed by atoms with van der Waals surface area (Å²) in [7, 11) is 0. The first-order valence-corrected chi connectivity index (χ1v) is 2.53. The second-order valence-corrected chi connectivity index (χ2v) is 1.78. The smallest absolute Gasteiger partial charge is 0.129 e. The normalized spacial score (nSPS) is 18.0. The van der Waals surface area contributed by atoms with Crippen LogP contribution in [0.15, 0.2) is 0 Å². The molecule has 0 amide bonds. The van der Waals surface area contributed by atoms with Crippen LogP contribution in [0.4, 0.5) is 8.78 Å². The van der Waals surface area contributed by atoms with Crippen LogP contribution < -0.4 is 0 Å². The van der Waals surface area contributed by atoms with Crippen molar-refractivity contribution in [1.29, 1.82) is 0 Å². The third-order valence-corrected chi connectivity index (χ3v) is 0.761. The van der Waals surface area contributed by atoms with E-state index in [4.69, 9.17) is 0 Å². The zero-order valence-corrected chi connectivity index (χ0v) is 4.73. The van der Waals surface area contributed by atoms with Crippen LogP contribution in [0, 0.1) is 0 Å². The van der Waals surface area contributed by atoms with Crippen LogP contribution in [-0.4, -0.2) is 19.0 Å². The molecule has 0 aromatic carbocycles. The maximum atomic E-state index is 11.8. The minimum atomic E-state index is -1.50. The molecule has 2 unspecified atom stereocenters. The van der Waals surface area contributed by atoms with Crippen molar-refractivity contribution in [3.05, 3.63) is 0 Å². The molecule has 0 N–H and O–H groups in total. The Morgan fingerprint density at radius 3 is 2.12 bits per heavy atom. The molecule has 3 heteroatoms. The Balaban J connectivity index is 3.10. The van der Waals surface area contributed by atoms with Gasteiger partial charge in [0, 0.05) is 6.42 Å². The lowest BCUT2D eigenvalue weighted by Gasteiger charge is -2.01. The summed E-state index contributed by atoms with van der Waals surface area (Å²) >= 11 is 0. The van der Waals surface area contributed by atoms with E-state index in [-0.39, 0.29) is 6.42 Å². The van der Waals surface area contributed by atoms with E-state index in [0.717, 1.165) is 0 Å². The lowest BCUT2D eigenvalue weighted by Crippen LogP contribution is -2.10. The van der Waals surface area contributed by atoms with E-state index in [1.54, 1.807) is 0 Å². The maximum absolute atomic E-state index is 11.8. The van der Waals surface area contributed by atoms with Crippen molar-refractivity contribution in [2.24, 2.45) is 0 Å². The summed E-state index contributed by atoms with van der Waals surface area (Å²) in [6.45, 7) is 0.413. The van der Waals surface area contributed by atoms with Crippen molar-refractivity contribution in [2.75, 3.05) is 6.61 Å². The van der Waals surface area contributed by atoms with Crippen LogP contribution in [0.2, 0.25) is 0 Å². The average molecular weight is 123 g/mol. The highest BCUT2D eigenvalue weighted by atomic mass is 19.1. The van der Waals surface area contributed by atoms with Gasteiger partial charge in [0.1, 0.15) is 19.0 Å². The summed E-state index contributed by atoms with van der Waals surface area (Å²) in [5.74, 6) is 0. The van der Waals surface area contributed by atoms with Gasteiger partial charge in [0.15, 0.2) is 0 Å². The highest BCUT2D eigenvalue weighted by Crippen LogP contribution is 2.03. The molecule has 0 aliphatic carbocycles. The second kappa shape index (κ2) is 3.78. The van der Waals surface area contributed by atoms with Crippen LogP contribution in [-0.2, 0) is 5.11 Å². The molecule has 0 saturated heterocycles. The molecule has 0 aliphatic rings. The van der Waals surface area contributed by atoms with Crippen LogP contribution in [0.5, 0.6) is 0 Å². The number of alkyl halides is 2. The first-order valence-electron chi connectivity index (χ1n) is 2.53. The molecule has 0 bridgehead atoms. The highest BCUT2D eigenvalue weighted by Gasteiger charge is 2.09. The molecule has 1 nitrogen and oxygen atoms in total. The molecule has 1 radical (unpaired) electrons. The van der Waals surface area contributed by atoms with Crippen molar-refractivity contribution in [1.82, 2.24) is 0 Å². The molecule has 0 aliphatic heterocycles. The van der Waals surface area contributed by atoms with Gasteiger partial charge in [0.05, 0.1) is 0 Å². The fraction of sp³-hybridized carbons (Fsp3) is 1.00. The van der Waals surface area contributed by atoms with E-state index < -0.39 is 19.0 Å². The number of halogens is 2. The Labute approximate surface area is 47.3 Å². The zero-order chi connectivity index (χ0) is 6.57. The van der Waals surface area contributed by atoms with Crippen molar-refractivity contribution in [3.63, 3.8) is 0 Å². The van der Waals surface area contributed by atoms with Gasteiger partial charge in [-0.1, -0.05) is 0 Å². The second-order valence-electron chi connectivity index (χ2n) is 1.78. The molecule has 0 fully saturated rings. The fourth-order valence-electron chi connectivity index (χ4n) is 0.420. The van der Waals surface area contributed by atoms with Crippen molar-refractivity contribution in [3.8, 4) is 0 Å². The van der Waals surface area contributed by atoms with Crippen LogP contribution in [0.1, 0.15) is 13.3 Å². The van der Waals surface area contributed by atoms with E-state index in [9.17, 15) is 13.9 Å². The highest BCUT2D eigenvalue weighted by molar-refractivity contribution is 4.57. The standard InChI is InChI=1S/C5H9F2O/c1-4(6)2-5(7)3-8/h4-5H,2-3H2,1H3. The summed E-state index contributed by atoms with van der Waals surface area (Å²) in [6.07, 6.45) is -2.96. The topological polar surface area (TPSA) is 19.9 Å². The lowest BCUT2D eigenvalue weighted by molar-refractivity contribution is 0.0939. The Morgan fingerprint density at radius 1 is 1.50 bits per heavy atom. The van der Waals surface area contributed by atoms with Gasteiger partial charge in [0.25, 0.3) is 0 Å². The van der Waals surface area contributed by atoms with Crippen molar-refractivity contribution >= 4 is 0 Å². The molecule has 0 saturated carbocycles. The van der Waals surface area contributed by atoms with Crippen LogP contribution >= 0.6 is 0 Å². The average Bonchev–Trinajstić information content (AvgIpc) is 1.65. The fourth-order valence-corrected chi connectivity index (χ4v) is 0.420. The van der Waals surface area contributed by atoms with Crippen molar-refractivity contribution in [2.45, 2.75) is 25.7 Å². The molecule has 49 valence electrons. The SMILES string of the molecule is CC(F)CC(F)C[O]. The monoisotopic (exact) mass is 123 g/mol. The van der Waals surface area contributed by atoms with Gasteiger partial charge < -0.3 is 0 Å². The molecule has 0 rings (SSSR count). The van der Waals surface area contributed by atoms with Gasteiger partial charge in [-0.2, -0.15) is 0 Å². The van der Waals surface area contributed by atoms with Gasteiger partial charge in [-0.15, -0.1) is 0 Å². The van der Waals surface area contributed by atoms with Gasteiger partial charge in [-0.05, 0) is 6.92 Å². The van der Waals surface area contributed by atoms with E-state index in [0.29, 0.717) is 0 Å². The molecule has 0 spiro atoms. The predicted molar refractivity (Wildman–Crippen MR) is 25.6 cm³/mol. The summed E-state index contributed by atoms with van der Waals surface area (Å²) in [5, 5.41) is 9.62. The van der Waals surface area contributed by atoms with Gasteiger partial charge >= 0.3 is 0 Å². The summed E-state index contributed by atoms with van der Waals surface area (Å²) < 4.78 is 23.6. The largest absolute Gasteiger partial charge is 0.248 e. The Kier molecular flexibility index (Phi) is 3.69. The minimum Gasteiger partial charge on any atom is -0.248 e. The number of hydrogen-bond donors (Lipinski definition) is 0. The quantitative estimate of drug-likeness (QED) is 0.542. The van der Waals surface area contributed by atoms with Gasteiger partial charge in [0.2, 0.25) is 0 Å². The minimum absolute atomic E-state index is 0.260. The Hall–Kier alpha value is -0.180. The number of rotatable bonds is 3. The summed E-state index contributed by atoms with van der Waals surface area (Å²) in [5.41, 5.74) is 0. The maximum Gasteiger partial charge on any atom is 0.129 e. The van der Waals surface area contributed by atoms with E-state index >= 15 is 0 Å². The van der Waals surface area contributed by atoms with E-state index in [1.807, 2.05) is 0 Å². The summed E-state index contributed by atoms with van der Waals surface area (Å²) in [6, 6.07) is 0. The molecule has 0 heterocycles. The number of hydrogen-bond acceptors (Lipinski definition) is 0. The third-order valence-electron chi connectivity index (χ3n) is 0.761. The lowest BCUT2D eigenvalue weighted by atomic mass is 10.2. The van der Waals surface area contributed by atoms with Crippen molar-refractivity contribution < 1.29 is 13.9 Å². The molecule has 0 aromatic heterocycles. The predicted octanol–water partition coefficient (Wildman–Crippen LogP) is 1.50. The Bertz CT molecular complexity index is 56.4. The van der Waals surface area contributed by atoms with E-state index in [2.05, 4.69) is 0 Å². The first kappa shape index (κ1) is 7.82. The molecule has 0 aromatic rings. The van der Waals surface area contributed by atoms with E-state index in [1.165, 1.54) is 6.92 Å². The Morgan fingerprint density at radius 2 is 2.00 bits per heavy atom. The van der Waals surface area contributed by atoms with Crippen LogP contribution in [0.3, 0.4) is 0 Å². The molecular weight excluding hydrogens is 114 g/mol. The molecule has 8 heavy (non-hydrogen) atoms. The zero-order valence-electron chi connectivity index (χ0n) is 4.73. The third kappa shape index (κ3) is 3.99. The molecular formula is C5H9F2O. The summed E-state index contributed by atoms with van der Waals surface area (Å²) in [4.78, 5) is 0.